The first kappa shape index (κ1) is 12.8. The number of pyridine rings is 1. The second kappa shape index (κ2) is 5.78. The van der Waals surface area contributed by atoms with Gasteiger partial charge in [-0.15, -0.1) is 0 Å². The Bertz CT molecular complexity index is 569. The highest BCUT2D eigenvalue weighted by Gasteiger charge is 2.06. The Hall–Kier alpha value is -1.68. The van der Waals surface area contributed by atoms with Gasteiger partial charge >= 0.3 is 0 Å². The fourth-order valence-electron chi connectivity index (χ4n) is 1.62. The van der Waals surface area contributed by atoms with Crippen LogP contribution in [0.1, 0.15) is 21.6 Å². The number of aromatic nitrogens is 1. The van der Waals surface area contributed by atoms with Gasteiger partial charge in [-0.25, -0.2) is 0 Å². The van der Waals surface area contributed by atoms with Gasteiger partial charge in [-0.05, 0) is 24.6 Å². The van der Waals surface area contributed by atoms with Crippen molar-refractivity contribution in [2.24, 2.45) is 0 Å². The lowest BCUT2D eigenvalue weighted by molar-refractivity contribution is 0.0946. The molecule has 0 aliphatic rings. The molecule has 1 amide bonds. The third kappa shape index (κ3) is 3.40. The average Bonchev–Trinajstić information content (AvgIpc) is 2.36. The Morgan fingerprint density at radius 1 is 1.33 bits per heavy atom. The maximum absolute atomic E-state index is 11.9. The van der Waals surface area contributed by atoms with Gasteiger partial charge in [0.1, 0.15) is 5.69 Å². The zero-order valence-corrected chi connectivity index (χ0v) is 11.6. The molecule has 0 spiro atoms. The number of rotatable bonds is 3. The quantitative estimate of drug-likeness (QED) is 0.947. The summed E-state index contributed by atoms with van der Waals surface area (Å²) in [7, 11) is 0. The molecule has 0 saturated carbocycles. The van der Waals surface area contributed by atoms with Crippen molar-refractivity contribution >= 4 is 21.8 Å². The predicted octanol–water partition coefficient (Wildman–Crippen LogP) is 3.08. The molecule has 4 heteroatoms. The number of carbonyl (C=O) groups excluding carboxylic acids is 1. The van der Waals surface area contributed by atoms with Crippen LogP contribution in [0.5, 0.6) is 0 Å². The van der Waals surface area contributed by atoms with Crippen molar-refractivity contribution in [3.8, 4) is 0 Å². The number of carbonyl (C=O) groups is 1. The normalized spacial score (nSPS) is 10.1. The van der Waals surface area contributed by atoms with Gasteiger partial charge in [-0.3, -0.25) is 9.78 Å². The Morgan fingerprint density at radius 3 is 2.89 bits per heavy atom. The lowest BCUT2D eigenvalue weighted by atomic mass is 10.1. The number of amides is 1. The molecule has 2 rings (SSSR count). The fraction of sp³-hybridized carbons (Fsp3) is 0.143. The van der Waals surface area contributed by atoms with Crippen molar-refractivity contribution < 1.29 is 4.79 Å². The van der Waals surface area contributed by atoms with Crippen LogP contribution in [0.3, 0.4) is 0 Å². The second-order valence-corrected chi connectivity index (χ2v) is 4.95. The molecule has 0 radical (unpaired) electrons. The summed E-state index contributed by atoms with van der Waals surface area (Å²) in [5, 5.41) is 2.85. The van der Waals surface area contributed by atoms with Gasteiger partial charge < -0.3 is 5.32 Å². The van der Waals surface area contributed by atoms with Gasteiger partial charge in [-0.2, -0.15) is 0 Å². The van der Waals surface area contributed by atoms with Crippen molar-refractivity contribution in [2.75, 3.05) is 0 Å². The number of halogens is 1. The first-order chi connectivity index (χ1) is 8.65. The number of hydrogen-bond acceptors (Lipinski definition) is 2. The molecule has 1 heterocycles. The maximum Gasteiger partial charge on any atom is 0.270 e. The van der Waals surface area contributed by atoms with Crippen LogP contribution in [0, 0.1) is 6.92 Å². The summed E-state index contributed by atoms with van der Waals surface area (Å²) in [5.74, 6) is -0.169. The summed E-state index contributed by atoms with van der Waals surface area (Å²) in [4.78, 5) is 15.9. The van der Waals surface area contributed by atoms with Gasteiger partial charge in [0.15, 0.2) is 0 Å². The van der Waals surface area contributed by atoms with Crippen LogP contribution in [0.2, 0.25) is 0 Å². The zero-order valence-electron chi connectivity index (χ0n) is 9.98. The molecule has 2 aromatic rings. The van der Waals surface area contributed by atoms with Crippen molar-refractivity contribution in [1.29, 1.82) is 0 Å². The molecule has 1 N–H and O–H groups in total. The van der Waals surface area contributed by atoms with Gasteiger partial charge in [0.25, 0.3) is 5.91 Å². The number of benzene rings is 1. The minimum atomic E-state index is -0.169. The summed E-state index contributed by atoms with van der Waals surface area (Å²) >= 11 is 3.32. The molecular formula is C14H13BrN2O. The Morgan fingerprint density at radius 2 is 2.17 bits per heavy atom. The van der Waals surface area contributed by atoms with E-state index in [9.17, 15) is 4.79 Å². The molecule has 0 atom stereocenters. The zero-order chi connectivity index (χ0) is 13.0. The van der Waals surface area contributed by atoms with E-state index in [-0.39, 0.29) is 5.91 Å². The van der Waals surface area contributed by atoms with Gasteiger partial charge in [0.05, 0.1) is 0 Å². The van der Waals surface area contributed by atoms with Gasteiger partial charge in [0.2, 0.25) is 0 Å². The predicted molar refractivity (Wildman–Crippen MR) is 74.3 cm³/mol. The molecule has 0 aliphatic heterocycles. The molecule has 3 nitrogen and oxygen atoms in total. The second-order valence-electron chi connectivity index (χ2n) is 4.03. The van der Waals surface area contributed by atoms with Crippen LogP contribution in [0.4, 0.5) is 0 Å². The topological polar surface area (TPSA) is 42.0 Å². The molecule has 1 aromatic heterocycles. The summed E-state index contributed by atoms with van der Waals surface area (Å²) in [5.41, 5.74) is 2.68. The minimum Gasteiger partial charge on any atom is -0.347 e. The van der Waals surface area contributed by atoms with E-state index in [0.717, 1.165) is 10.0 Å². The first-order valence-electron chi connectivity index (χ1n) is 5.60. The van der Waals surface area contributed by atoms with Crippen molar-refractivity contribution in [3.63, 3.8) is 0 Å². The number of hydrogen-bond donors (Lipinski definition) is 1. The third-order valence-electron chi connectivity index (χ3n) is 2.49. The van der Waals surface area contributed by atoms with E-state index in [4.69, 9.17) is 0 Å². The Kier molecular flexibility index (Phi) is 4.10. The number of aryl methyl sites for hydroxylation is 1. The lowest BCUT2D eigenvalue weighted by Crippen LogP contribution is -2.23. The molecule has 0 unspecified atom stereocenters. The van der Waals surface area contributed by atoms with Crippen LogP contribution < -0.4 is 5.32 Å². The highest BCUT2D eigenvalue weighted by atomic mass is 79.9. The van der Waals surface area contributed by atoms with E-state index < -0.39 is 0 Å². The van der Waals surface area contributed by atoms with Crippen molar-refractivity contribution in [1.82, 2.24) is 10.3 Å². The molecule has 0 aliphatic carbocycles. The molecule has 92 valence electrons. The summed E-state index contributed by atoms with van der Waals surface area (Å²) in [6, 6.07) is 11.5. The van der Waals surface area contributed by atoms with Crippen LogP contribution in [0.15, 0.2) is 47.1 Å². The molecule has 1 aromatic carbocycles. The SMILES string of the molecule is Cc1cccc(CNC(=O)c2cc(Br)ccn2)c1. The number of nitrogens with zero attached hydrogens (tertiary/aromatic N) is 1. The Balaban J connectivity index is 2.00. The molecule has 18 heavy (non-hydrogen) atoms. The van der Waals surface area contributed by atoms with Crippen LogP contribution in [0.25, 0.3) is 0 Å². The fourth-order valence-corrected chi connectivity index (χ4v) is 1.96. The van der Waals surface area contributed by atoms with E-state index in [0.29, 0.717) is 12.2 Å². The van der Waals surface area contributed by atoms with Crippen molar-refractivity contribution in [3.05, 3.63) is 63.9 Å². The highest BCUT2D eigenvalue weighted by Crippen LogP contribution is 2.09. The largest absolute Gasteiger partial charge is 0.347 e. The van der Waals surface area contributed by atoms with Crippen LogP contribution in [-0.2, 0) is 6.54 Å². The van der Waals surface area contributed by atoms with E-state index in [1.54, 1.807) is 18.3 Å². The molecule has 0 bridgehead atoms. The monoisotopic (exact) mass is 304 g/mol. The lowest BCUT2D eigenvalue weighted by Gasteiger charge is -2.05. The van der Waals surface area contributed by atoms with Gasteiger partial charge in [0, 0.05) is 17.2 Å². The third-order valence-corrected chi connectivity index (χ3v) is 2.98. The van der Waals surface area contributed by atoms with Crippen LogP contribution >= 0.6 is 15.9 Å². The summed E-state index contributed by atoms with van der Waals surface area (Å²) < 4.78 is 0.846. The molecule has 0 fully saturated rings. The standard InChI is InChI=1S/C14H13BrN2O/c1-10-3-2-4-11(7-10)9-17-14(18)13-8-12(15)5-6-16-13/h2-8H,9H2,1H3,(H,17,18). The smallest absolute Gasteiger partial charge is 0.270 e. The van der Waals surface area contributed by atoms with Crippen molar-refractivity contribution in [2.45, 2.75) is 13.5 Å². The van der Waals surface area contributed by atoms with Gasteiger partial charge in [-0.1, -0.05) is 45.8 Å². The molecular weight excluding hydrogens is 292 g/mol. The molecule has 0 saturated heterocycles. The van der Waals surface area contributed by atoms with E-state index in [2.05, 4.69) is 32.3 Å². The van der Waals surface area contributed by atoms with E-state index in [1.807, 2.05) is 25.1 Å². The minimum absolute atomic E-state index is 0.169. The number of nitrogens with one attached hydrogen (secondary N) is 1. The maximum atomic E-state index is 11.9. The van der Waals surface area contributed by atoms with E-state index >= 15 is 0 Å². The average molecular weight is 305 g/mol. The Labute approximate surface area is 114 Å². The highest BCUT2D eigenvalue weighted by molar-refractivity contribution is 9.10. The van der Waals surface area contributed by atoms with E-state index in [1.165, 1.54) is 5.56 Å². The summed E-state index contributed by atoms with van der Waals surface area (Å²) in [6.07, 6.45) is 1.60. The first-order valence-corrected chi connectivity index (χ1v) is 6.40. The summed E-state index contributed by atoms with van der Waals surface area (Å²) in [6.45, 7) is 2.54. The van der Waals surface area contributed by atoms with Crippen LogP contribution in [-0.4, -0.2) is 10.9 Å².